The van der Waals surface area contributed by atoms with Crippen molar-refractivity contribution in [2.75, 3.05) is 0 Å². The molecule has 0 radical (unpaired) electrons. The molecule has 0 amide bonds. The molecule has 0 saturated heterocycles. The molecule has 0 unspecified atom stereocenters. The van der Waals surface area contributed by atoms with E-state index in [1.807, 2.05) is 66.7 Å². The van der Waals surface area contributed by atoms with Crippen molar-refractivity contribution >= 4 is 10.1 Å². The van der Waals surface area contributed by atoms with Gasteiger partial charge in [-0.3, -0.25) is 4.55 Å². The summed E-state index contributed by atoms with van der Waals surface area (Å²) in [6.45, 7) is 0. The molecule has 3 aromatic carbocycles. The second-order valence-electron chi connectivity index (χ2n) is 4.95. The second-order valence-corrected chi connectivity index (χ2v) is 6.37. The van der Waals surface area contributed by atoms with Gasteiger partial charge >= 0.3 is 0 Å². The zero-order valence-corrected chi connectivity index (χ0v) is 12.5. The number of rotatable bonds is 3. The van der Waals surface area contributed by atoms with E-state index in [-0.39, 0.29) is 4.90 Å². The Labute approximate surface area is 129 Å². The summed E-state index contributed by atoms with van der Waals surface area (Å²) in [6.07, 6.45) is 0. The molecule has 4 heteroatoms. The quantitative estimate of drug-likeness (QED) is 0.735. The van der Waals surface area contributed by atoms with Gasteiger partial charge in [-0.15, -0.1) is 0 Å². The van der Waals surface area contributed by atoms with Crippen molar-refractivity contribution in [1.29, 1.82) is 0 Å². The monoisotopic (exact) mass is 310 g/mol. The van der Waals surface area contributed by atoms with Crippen LogP contribution < -0.4 is 0 Å². The standard InChI is InChI=1S/C18H14O3S/c19-22(20,21)18-12-16(14-7-3-1-4-8-14)11-17(13-18)15-9-5-2-6-10-15/h1-13H,(H,19,20,21). The van der Waals surface area contributed by atoms with E-state index in [9.17, 15) is 13.0 Å². The van der Waals surface area contributed by atoms with Crippen LogP contribution in [0, 0.1) is 0 Å². The van der Waals surface area contributed by atoms with Crippen molar-refractivity contribution in [3.63, 3.8) is 0 Å². The lowest BCUT2D eigenvalue weighted by atomic mass is 9.99. The van der Waals surface area contributed by atoms with Crippen molar-refractivity contribution < 1.29 is 13.0 Å². The summed E-state index contributed by atoms with van der Waals surface area (Å²) in [5, 5.41) is 0. The van der Waals surface area contributed by atoms with Crippen LogP contribution in [0.2, 0.25) is 0 Å². The zero-order valence-electron chi connectivity index (χ0n) is 11.7. The van der Waals surface area contributed by atoms with Crippen LogP contribution >= 0.6 is 0 Å². The minimum Gasteiger partial charge on any atom is -0.282 e. The highest BCUT2D eigenvalue weighted by Crippen LogP contribution is 2.29. The molecule has 0 aromatic heterocycles. The molecule has 0 spiro atoms. The van der Waals surface area contributed by atoms with Crippen LogP contribution in [0.4, 0.5) is 0 Å². The first-order valence-corrected chi connectivity index (χ1v) is 8.21. The van der Waals surface area contributed by atoms with E-state index in [1.54, 1.807) is 0 Å². The van der Waals surface area contributed by atoms with Crippen LogP contribution in [0.15, 0.2) is 83.8 Å². The number of hydrogen-bond acceptors (Lipinski definition) is 2. The predicted octanol–water partition coefficient (Wildman–Crippen LogP) is 4.27. The summed E-state index contributed by atoms with van der Waals surface area (Å²) in [5.41, 5.74) is 3.28. The second kappa shape index (κ2) is 5.75. The molecule has 0 bridgehead atoms. The minimum absolute atomic E-state index is 0.104. The summed E-state index contributed by atoms with van der Waals surface area (Å²) in [6, 6.07) is 23.8. The van der Waals surface area contributed by atoms with E-state index in [2.05, 4.69) is 0 Å². The Morgan fingerprint density at radius 3 is 1.36 bits per heavy atom. The normalized spacial score (nSPS) is 11.3. The minimum atomic E-state index is -4.26. The van der Waals surface area contributed by atoms with Crippen molar-refractivity contribution in [1.82, 2.24) is 0 Å². The van der Waals surface area contributed by atoms with E-state index >= 15 is 0 Å². The first kappa shape index (κ1) is 14.5. The third-order valence-corrected chi connectivity index (χ3v) is 4.25. The molecule has 0 aliphatic heterocycles. The van der Waals surface area contributed by atoms with Gasteiger partial charge in [0, 0.05) is 0 Å². The molecular weight excluding hydrogens is 296 g/mol. The number of hydrogen-bond donors (Lipinski definition) is 1. The van der Waals surface area contributed by atoms with E-state index in [0.29, 0.717) is 0 Å². The van der Waals surface area contributed by atoms with Gasteiger partial charge in [0.15, 0.2) is 0 Å². The lowest BCUT2D eigenvalue weighted by Gasteiger charge is -2.09. The Morgan fingerprint density at radius 1 is 0.591 bits per heavy atom. The average Bonchev–Trinajstić information content (AvgIpc) is 2.55. The molecule has 110 valence electrons. The van der Waals surface area contributed by atoms with Gasteiger partial charge in [0.2, 0.25) is 0 Å². The molecule has 3 rings (SSSR count). The number of benzene rings is 3. The zero-order chi connectivity index (χ0) is 15.6. The molecule has 0 fully saturated rings. The third kappa shape index (κ3) is 3.08. The predicted molar refractivity (Wildman–Crippen MR) is 87.1 cm³/mol. The topological polar surface area (TPSA) is 54.4 Å². The van der Waals surface area contributed by atoms with E-state index in [4.69, 9.17) is 0 Å². The Bertz CT molecular complexity index is 828. The lowest BCUT2D eigenvalue weighted by molar-refractivity contribution is 0.483. The van der Waals surface area contributed by atoms with Crippen molar-refractivity contribution in [2.45, 2.75) is 4.90 Å². The van der Waals surface area contributed by atoms with Gasteiger partial charge in [0.1, 0.15) is 0 Å². The van der Waals surface area contributed by atoms with Crippen molar-refractivity contribution in [3.8, 4) is 22.3 Å². The molecule has 0 heterocycles. The molecule has 0 aliphatic carbocycles. The molecule has 1 N–H and O–H groups in total. The van der Waals surface area contributed by atoms with E-state index in [0.717, 1.165) is 22.3 Å². The molecule has 0 atom stereocenters. The largest absolute Gasteiger partial charge is 0.294 e. The Balaban J connectivity index is 2.24. The summed E-state index contributed by atoms with van der Waals surface area (Å²) in [7, 11) is -4.26. The summed E-state index contributed by atoms with van der Waals surface area (Å²) < 4.78 is 32.5. The van der Waals surface area contributed by atoms with Crippen molar-refractivity contribution in [3.05, 3.63) is 78.9 Å². The van der Waals surface area contributed by atoms with Gasteiger partial charge in [-0.1, -0.05) is 60.7 Å². The fraction of sp³-hybridized carbons (Fsp3) is 0. The maximum absolute atomic E-state index is 11.6. The summed E-state index contributed by atoms with van der Waals surface area (Å²) in [4.78, 5) is -0.104. The molecule has 0 saturated carbocycles. The highest BCUT2D eigenvalue weighted by molar-refractivity contribution is 7.85. The summed E-state index contributed by atoms with van der Waals surface area (Å²) >= 11 is 0. The van der Waals surface area contributed by atoms with E-state index < -0.39 is 10.1 Å². The highest BCUT2D eigenvalue weighted by Gasteiger charge is 2.13. The van der Waals surface area contributed by atoms with Crippen LogP contribution in [-0.4, -0.2) is 13.0 Å². The molecular formula is C18H14O3S. The Kier molecular flexibility index (Phi) is 3.79. The van der Waals surface area contributed by atoms with Gasteiger partial charge in [-0.05, 0) is 40.5 Å². The fourth-order valence-electron chi connectivity index (χ4n) is 2.34. The Hall–Kier alpha value is -2.43. The van der Waals surface area contributed by atoms with Gasteiger partial charge in [-0.2, -0.15) is 8.42 Å². The van der Waals surface area contributed by atoms with Crippen LogP contribution in [-0.2, 0) is 10.1 Å². The van der Waals surface area contributed by atoms with Gasteiger partial charge in [-0.25, -0.2) is 0 Å². The maximum atomic E-state index is 11.6. The van der Waals surface area contributed by atoms with Crippen molar-refractivity contribution in [2.24, 2.45) is 0 Å². The van der Waals surface area contributed by atoms with Gasteiger partial charge in [0.25, 0.3) is 10.1 Å². The summed E-state index contributed by atoms with van der Waals surface area (Å²) in [5.74, 6) is 0. The van der Waals surface area contributed by atoms with Gasteiger partial charge < -0.3 is 0 Å². The van der Waals surface area contributed by atoms with Crippen LogP contribution in [0.25, 0.3) is 22.3 Å². The molecule has 3 aromatic rings. The fourth-order valence-corrected chi connectivity index (χ4v) is 2.89. The molecule has 0 aliphatic rings. The molecule has 3 nitrogen and oxygen atoms in total. The smallest absolute Gasteiger partial charge is 0.282 e. The third-order valence-electron chi connectivity index (χ3n) is 3.42. The maximum Gasteiger partial charge on any atom is 0.294 e. The lowest BCUT2D eigenvalue weighted by Crippen LogP contribution is -1.99. The SMILES string of the molecule is O=S(=O)(O)c1cc(-c2ccccc2)cc(-c2ccccc2)c1. The average molecular weight is 310 g/mol. The van der Waals surface area contributed by atoms with Crippen LogP contribution in [0.1, 0.15) is 0 Å². The van der Waals surface area contributed by atoms with Gasteiger partial charge in [0.05, 0.1) is 4.90 Å². The van der Waals surface area contributed by atoms with Crippen LogP contribution in [0.5, 0.6) is 0 Å². The Morgan fingerprint density at radius 2 is 1.00 bits per heavy atom. The first-order valence-electron chi connectivity index (χ1n) is 6.77. The first-order chi connectivity index (χ1) is 10.5. The highest BCUT2D eigenvalue weighted by atomic mass is 32.2. The van der Waals surface area contributed by atoms with Crippen LogP contribution in [0.3, 0.4) is 0 Å². The molecule has 22 heavy (non-hydrogen) atoms. The van der Waals surface area contributed by atoms with E-state index in [1.165, 1.54) is 12.1 Å².